The quantitative estimate of drug-likeness (QED) is 0.0790. The summed E-state index contributed by atoms with van der Waals surface area (Å²) >= 11 is 0. The number of hydrogen-bond acceptors (Lipinski definition) is 6. The summed E-state index contributed by atoms with van der Waals surface area (Å²) in [7, 11) is 0. The number of benzene rings is 4. The van der Waals surface area contributed by atoms with Crippen LogP contribution in [0.25, 0.3) is 33.3 Å². The number of ether oxygens (including phenoxy) is 1. The van der Waals surface area contributed by atoms with E-state index >= 15 is 0 Å². The number of carbonyl (C=O) groups is 4. The van der Waals surface area contributed by atoms with Crippen LogP contribution in [0.3, 0.4) is 0 Å². The second-order valence-electron chi connectivity index (χ2n) is 13.7. The van der Waals surface area contributed by atoms with Crippen LogP contribution < -0.4 is 4.90 Å². The molecule has 5 aliphatic rings. The number of esters is 1. The third-order valence-corrected chi connectivity index (χ3v) is 10.9. The molecule has 240 valence electrons. The molecule has 6 atom stereocenters. The first kappa shape index (κ1) is 29.4. The van der Waals surface area contributed by atoms with Gasteiger partial charge in [0.15, 0.2) is 12.4 Å². The van der Waals surface area contributed by atoms with Crippen molar-refractivity contribution in [2.45, 2.75) is 13.3 Å². The van der Waals surface area contributed by atoms with E-state index in [-0.39, 0.29) is 41.3 Å². The van der Waals surface area contributed by atoms with Crippen LogP contribution in [-0.2, 0) is 14.3 Å². The monoisotopic (exact) mass is 644 g/mol. The molecule has 7 heteroatoms. The van der Waals surface area contributed by atoms with Crippen molar-refractivity contribution >= 4 is 40.2 Å². The van der Waals surface area contributed by atoms with Crippen molar-refractivity contribution in [3.63, 3.8) is 0 Å². The van der Waals surface area contributed by atoms with E-state index in [4.69, 9.17) is 9.72 Å². The van der Waals surface area contributed by atoms with Crippen LogP contribution in [0, 0.1) is 42.4 Å². The minimum absolute atomic E-state index is 0.0987. The lowest BCUT2D eigenvalue weighted by atomic mass is 9.63. The summed E-state index contributed by atoms with van der Waals surface area (Å²) in [6.45, 7) is 1.53. The molecular weight excluding hydrogens is 612 g/mol. The number of aryl methyl sites for hydroxylation is 1. The van der Waals surface area contributed by atoms with Crippen LogP contribution in [0.4, 0.5) is 5.69 Å². The molecule has 10 rings (SSSR count). The zero-order chi connectivity index (χ0) is 33.4. The predicted molar refractivity (Wildman–Crippen MR) is 186 cm³/mol. The Kier molecular flexibility index (Phi) is 6.73. The molecule has 2 heterocycles. The van der Waals surface area contributed by atoms with E-state index in [2.05, 4.69) is 12.2 Å². The Morgan fingerprint density at radius 3 is 2.06 bits per heavy atom. The van der Waals surface area contributed by atoms with E-state index in [9.17, 15) is 19.2 Å². The number of carbonyl (C=O) groups excluding carboxylic acids is 4. The number of aromatic nitrogens is 1. The van der Waals surface area contributed by atoms with Gasteiger partial charge in [-0.15, -0.1) is 0 Å². The van der Waals surface area contributed by atoms with Gasteiger partial charge in [0.2, 0.25) is 11.8 Å². The minimum Gasteiger partial charge on any atom is -0.454 e. The Morgan fingerprint density at radius 2 is 1.39 bits per heavy atom. The fourth-order valence-corrected chi connectivity index (χ4v) is 8.42. The highest BCUT2D eigenvalue weighted by atomic mass is 16.5. The predicted octanol–water partition coefficient (Wildman–Crippen LogP) is 7.47. The molecule has 2 saturated carbocycles. The lowest BCUT2D eigenvalue weighted by Gasteiger charge is -2.37. The molecule has 1 aromatic heterocycles. The van der Waals surface area contributed by atoms with Gasteiger partial charge in [0.25, 0.3) is 0 Å². The van der Waals surface area contributed by atoms with Crippen LogP contribution in [0.2, 0.25) is 0 Å². The fourth-order valence-electron chi connectivity index (χ4n) is 8.42. The molecule has 2 bridgehead atoms. The lowest BCUT2D eigenvalue weighted by Crippen LogP contribution is -2.40. The van der Waals surface area contributed by atoms with Crippen molar-refractivity contribution in [2.24, 2.45) is 35.5 Å². The molecule has 2 amide bonds. The molecule has 4 aromatic carbocycles. The van der Waals surface area contributed by atoms with Crippen molar-refractivity contribution in [3.8, 4) is 22.4 Å². The second kappa shape index (κ2) is 11.2. The van der Waals surface area contributed by atoms with Crippen LogP contribution >= 0.6 is 0 Å². The molecule has 1 aliphatic heterocycles. The van der Waals surface area contributed by atoms with Gasteiger partial charge >= 0.3 is 5.97 Å². The summed E-state index contributed by atoms with van der Waals surface area (Å²) in [4.78, 5) is 60.0. The summed E-state index contributed by atoms with van der Waals surface area (Å²) < 4.78 is 5.58. The maximum Gasteiger partial charge on any atom is 0.339 e. The normalized spacial score (nSPS) is 24.6. The molecule has 49 heavy (non-hydrogen) atoms. The average molecular weight is 645 g/mol. The summed E-state index contributed by atoms with van der Waals surface area (Å²) in [5, 5.41) is 0.627. The first-order chi connectivity index (χ1) is 23.9. The number of hydrogen-bond donors (Lipinski definition) is 0. The van der Waals surface area contributed by atoms with E-state index in [0.717, 1.165) is 23.1 Å². The Morgan fingerprint density at radius 1 is 0.755 bits per heavy atom. The zero-order valence-electron chi connectivity index (χ0n) is 26.8. The number of Topliss-reactive ketones (excluding diaryl/α,β-unsaturated/α-hetero) is 1. The molecule has 1 saturated heterocycles. The largest absolute Gasteiger partial charge is 0.454 e. The molecular formula is C42H32N2O5. The van der Waals surface area contributed by atoms with Gasteiger partial charge in [0, 0.05) is 16.5 Å². The molecule has 0 radical (unpaired) electrons. The van der Waals surface area contributed by atoms with Crippen LogP contribution in [0.15, 0.2) is 115 Å². The maximum atomic E-state index is 13.6. The molecule has 0 N–H and O–H groups in total. The van der Waals surface area contributed by atoms with Gasteiger partial charge < -0.3 is 4.74 Å². The SMILES string of the molecule is Cc1ccc2nc(-c3ccc(N4C(=O)C5C6C=CC(C7CC67)C5C4=O)cc3)cc(C(=O)OCC(=O)c3ccc(-c4ccccc4)cc3)c2c1. The first-order valence-corrected chi connectivity index (χ1v) is 16.8. The van der Waals surface area contributed by atoms with Gasteiger partial charge in [0.05, 0.1) is 34.3 Å². The standard InChI is InChI=1S/C42H32N2O5/c1-23-7-18-35-33(19-23)34(42(48)49-22-37(45)27-10-8-25(9-11-27)24-5-3-2-4-6-24)21-36(43-35)26-12-14-28(15-13-26)44-40(46)38-29-16-17-30(32-20-31(29)32)39(38)41(44)47/h2-19,21,29-32,38-39H,20,22H2,1H3. The Hall–Kier alpha value is -5.69. The van der Waals surface area contributed by atoms with Gasteiger partial charge in [-0.3, -0.25) is 19.3 Å². The number of amides is 2. The van der Waals surface area contributed by atoms with Crippen molar-refractivity contribution < 1.29 is 23.9 Å². The molecule has 6 unspecified atom stereocenters. The van der Waals surface area contributed by atoms with Gasteiger partial charge in [-0.05, 0) is 78.5 Å². The number of anilines is 1. The molecule has 5 aromatic rings. The van der Waals surface area contributed by atoms with Crippen molar-refractivity contribution in [2.75, 3.05) is 11.5 Å². The number of rotatable bonds is 7. The summed E-state index contributed by atoms with van der Waals surface area (Å²) in [6.07, 6.45) is 5.47. The number of fused-ring (bicyclic) bond motifs is 1. The van der Waals surface area contributed by atoms with E-state index < -0.39 is 12.6 Å². The average Bonchev–Trinajstić information content (AvgIpc) is 3.92. The van der Waals surface area contributed by atoms with Crippen LogP contribution in [-0.4, -0.2) is 35.2 Å². The van der Waals surface area contributed by atoms with Gasteiger partial charge in [-0.1, -0.05) is 90.5 Å². The van der Waals surface area contributed by atoms with E-state index in [1.54, 1.807) is 30.3 Å². The fraction of sp³-hybridized carbons (Fsp3) is 0.214. The van der Waals surface area contributed by atoms with Crippen LogP contribution in [0.5, 0.6) is 0 Å². The number of ketones is 1. The highest BCUT2D eigenvalue weighted by Crippen LogP contribution is 2.65. The summed E-state index contributed by atoms with van der Waals surface area (Å²) in [5.41, 5.74) is 6.16. The van der Waals surface area contributed by atoms with Gasteiger partial charge in [-0.2, -0.15) is 0 Å². The summed E-state index contributed by atoms with van der Waals surface area (Å²) in [6, 6.07) is 31.7. The number of nitrogens with zero attached hydrogens (tertiary/aromatic N) is 2. The minimum atomic E-state index is -0.623. The Bertz CT molecular complexity index is 2190. The molecule has 3 fully saturated rings. The van der Waals surface area contributed by atoms with Crippen molar-refractivity contribution in [1.29, 1.82) is 0 Å². The van der Waals surface area contributed by atoms with Gasteiger partial charge in [0.1, 0.15) is 0 Å². The second-order valence-corrected chi connectivity index (χ2v) is 13.7. The summed E-state index contributed by atoms with van der Waals surface area (Å²) in [5.74, 6) is -0.216. The lowest BCUT2D eigenvalue weighted by molar-refractivity contribution is -0.124. The molecule has 4 aliphatic carbocycles. The molecule has 7 nitrogen and oxygen atoms in total. The van der Waals surface area contributed by atoms with Crippen LogP contribution in [0.1, 0.15) is 32.7 Å². The Balaban J connectivity index is 0.954. The maximum absolute atomic E-state index is 13.6. The number of allylic oxidation sites excluding steroid dienone is 2. The third-order valence-electron chi connectivity index (χ3n) is 10.9. The smallest absolute Gasteiger partial charge is 0.339 e. The molecule has 0 spiro atoms. The Labute approximate surface area is 283 Å². The van der Waals surface area contributed by atoms with E-state index in [1.165, 1.54) is 4.90 Å². The van der Waals surface area contributed by atoms with Gasteiger partial charge in [-0.25, -0.2) is 9.78 Å². The number of imide groups is 1. The number of pyridine rings is 1. The third kappa shape index (κ3) is 4.83. The van der Waals surface area contributed by atoms with Crippen molar-refractivity contribution in [3.05, 3.63) is 132 Å². The first-order valence-electron chi connectivity index (χ1n) is 16.8. The van der Waals surface area contributed by atoms with E-state index in [0.29, 0.717) is 50.8 Å². The highest BCUT2D eigenvalue weighted by Gasteiger charge is 2.67. The topological polar surface area (TPSA) is 93.6 Å². The van der Waals surface area contributed by atoms with Crippen molar-refractivity contribution in [1.82, 2.24) is 4.98 Å². The highest BCUT2D eigenvalue weighted by molar-refractivity contribution is 6.22. The zero-order valence-corrected chi connectivity index (χ0v) is 26.8. The van der Waals surface area contributed by atoms with E-state index in [1.807, 2.05) is 79.7 Å².